The number of halogens is 4. The van der Waals surface area contributed by atoms with Crippen molar-refractivity contribution in [2.75, 3.05) is 6.61 Å². The molecule has 0 heterocycles. The zero-order chi connectivity index (χ0) is 11.5. The summed E-state index contributed by atoms with van der Waals surface area (Å²) >= 11 is 2.82. The van der Waals surface area contributed by atoms with Gasteiger partial charge in [-0.15, -0.1) is 0 Å². The van der Waals surface area contributed by atoms with Crippen LogP contribution in [0, 0.1) is 11.8 Å². The molecule has 0 saturated heterocycles. The molecule has 0 amide bonds. The zero-order valence-electron chi connectivity index (χ0n) is 7.40. The monoisotopic (exact) mass is 278 g/mol. The van der Waals surface area contributed by atoms with Crippen molar-refractivity contribution < 1.29 is 18.3 Å². The van der Waals surface area contributed by atoms with Crippen LogP contribution in [0.1, 0.15) is 11.1 Å². The maximum atomic E-state index is 12.4. The van der Waals surface area contributed by atoms with Crippen LogP contribution >= 0.6 is 15.9 Å². The maximum Gasteiger partial charge on any atom is 0.417 e. The van der Waals surface area contributed by atoms with Gasteiger partial charge in [0.2, 0.25) is 0 Å². The zero-order valence-corrected chi connectivity index (χ0v) is 8.98. The lowest BCUT2D eigenvalue weighted by Crippen LogP contribution is -2.06. The summed E-state index contributed by atoms with van der Waals surface area (Å²) in [6, 6.07) is 3.67. The molecule has 0 aliphatic rings. The van der Waals surface area contributed by atoms with E-state index in [1.54, 1.807) is 0 Å². The van der Waals surface area contributed by atoms with Gasteiger partial charge in [-0.1, -0.05) is 27.8 Å². The number of benzene rings is 1. The Balaban J connectivity index is 3.17. The fraction of sp³-hybridized carbons (Fsp3) is 0.200. The largest absolute Gasteiger partial charge is 0.417 e. The van der Waals surface area contributed by atoms with Gasteiger partial charge in [0.1, 0.15) is 6.61 Å². The molecule has 0 unspecified atom stereocenters. The Hall–Kier alpha value is -0.990. The predicted molar refractivity (Wildman–Crippen MR) is 53.1 cm³/mol. The summed E-state index contributed by atoms with van der Waals surface area (Å²) in [5.41, 5.74) is -0.549. The number of hydrogen-bond donors (Lipinski definition) is 1. The standard InChI is InChI=1S/C10H6BrF3O/c11-9-4-3-7(2-1-5-15)6-8(9)10(12,13)14/h3-4,6,15H,5H2. The van der Waals surface area contributed by atoms with Crippen LogP contribution in [-0.2, 0) is 6.18 Å². The van der Waals surface area contributed by atoms with Crippen LogP contribution in [-0.4, -0.2) is 11.7 Å². The van der Waals surface area contributed by atoms with E-state index in [0.29, 0.717) is 0 Å². The first-order chi connectivity index (χ1) is 6.95. The van der Waals surface area contributed by atoms with E-state index in [9.17, 15) is 13.2 Å². The number of alkyl halides is 3. The van der Waals surface area contributed by atoms with Gasteiger partial charge < -0.3 is 5.11 Å². The van der Waals surface area contributed by atoms with E-state index in [2.05, 4.69) is 27.8 Å². The van der Waals surface area contributed by atoms with Gasteiger partial charge in [-0.25, -0.2) is 0 Å². The van der Waals surface area contributed by atoms with E-state index in [4.69, 9.17) is 5.11 Å². The Morgan fingerprint density at radius 3 is 2.53 bits per heavy atom. The molecule has 15 heavy (non-hydrogen) atoms. The average molecular weight is 279 g/mol. The minimum Gasteiger partial charge on any atom is -0.384 e. The van der Waals surface area contributed by atoms with E-state index in [0.717, 1.165) is 6.07 Å². The molecule has 1 aromatic carbocycles. The third-order valence-electron chi connectivity index (χ3n) is 1.58. The van der Waals surface area contributed by atoms with Gasteiger partial charge in [0.15, 0.2) is 0 Å². The van der Waals surface area contributed by atoms with Crippen LogP contribution in [0.5, 0.6) is 0 Å². The first-order valence-electron chi connectivity index (χ1n) is 3.91. The van der Waals surface area contributed by atoms with Crippen LogP contribution in [0.2, 0.25) is 0 Å². The Bertz CT molecular complexity index is 415. The Labute approximate surface area is 93.0 Å². The molecule has 0 aliphatic heterocycles. The molecule has 1 N–H and O–H groups in total. The molecule has 1 nitrogen and oxygen atoms in total. The highest BCUT2D eigenvalue weighted by Gasteiger charge is 2.32. The highest BCUT2D eigenvalue weighted by Crippen LogP contribution is 2.35. The van der Waals surface area contributed by atoms with E-state index < -0.39 is 11.7 Å². The van der Waals surface area contributed by atoms with Crippen molar-refractivity contribution in [3.63, 3.8) is 0 Å². The molecule has 0 aliphatic carbocycles. The molecule has 1 rings (SSSR count). The molecule has 0 bridgehead atoms. The van der Waals surface area contributed by atoms with Crippen LogP contribution < -0.4 is 0 Å². The molecule has 1 aromatic rings. The first-order valence-corrected chi connectivity index (χ1v) is 4.71. The number of hydrogen-bond acceptors (Lipinski definition) is 1. The second-order valence-electron chi connectivity index (χ2n) is 2.65. The lowest BCUT2D eigenvalue weighted by Gasteiger charge is -2.08. The molecule has 0 aromatic heterocycles. The van der Waals surface area contributed by atoms with Gasteiger partial charge in [0.05, 0.1) is 5.56 Å². The summed E-state index contributed by atoms with van der Waals surface area (Å²) in [5, 5.41) is 8.41. The van der Waals surface area contributed by atoms with E-state index >= 15 is 0 Å². The van der Waals surface area contributed by atoms with Crippen LogP contribution in [0.25, 0.3) is 0 Å². The second-order valence-corrected chi connectivity index (χ2v) is 3.51. The Morgan fingerprint density at radius 1 is 1.33 bits per heavy atom. The normalized spacial score (nSPS) is 10.7. The van der Waals surface area contributed by atoms with Crippen LogP contribution in [0.3, 0.4) is 0 Å². The summed E-state index contributed by atoms with van der Waals surface area (Å²) in [6.45, 7) is -0.378. The van der Waals surface area contributed by atoms with Crippen molar-refractivity contribution in [1.29, 1.82) is 0 Å². The molecule has 0 spiro atoms. The van der Waals surface area contributed by atoms with Crippen molar-refractivity contribution in [3.8, 4) is 11.8 Å². The van der Waals surface area contributed by atoms with Gasteiger partial charge in [-0.05, 0) is 18.2 Å². The van der Waals surface area contributed by atoms with Crippen LogP contribution in [0.15, 0.2) is 22.7 Å². The predicted octanol–water partition coefficient (Wildman–Crippen LogP) is 2.81. The third-order valence-corrected chi connectivity index (χ3v) is 2.28. The first kappa shape index (κ1) is 12.1. The summed E-state index contributed by atoms with van der Waals surface area (Å²) in [4.78, 5) is 0. The molecule has 5 heteroatoms. The summed E-state index contributed by atoms with van der Waals surface area (Å²) in [5.74, 6) is 4.70. The highest BCUT2D eigenvalue weighted by molar-refractivity contribution is 9.10. The van der Waals surface area contributed by atoms with Crippen molar-refractivity contribution in [1.82, 2.24) is 0 Å². The number of aliphatic hydroxyl groups excluding tert-OH is 1. The van der Waals surface area contributed by atoms with Gasteiger partial charge >= 0.3 is 6.18 Å². The quantitative estimate of drug-likeness (QED) is 0.724. The molecule has 80 valence electrons. The summed E-state index contributed by atoms with van der Waals surface area (Å²) in [7, 11) is 0. The molecular formula is C10H6BrF3O. The van der Waals surface area contributed by atoms with Crippen molar-refractivity contribution in [2.45, 2.75) is 6.18 Å². The maximum absolute atomic E-state index is 12.4. The molecule has 0 atom stereocenters. The smallest absolute Gasteiger partial charge is 0.384 e. The van der Waals surface area contributed by atoms with Crippen molar-refractivity contribution in [2.24, 2.45) is 0 Å². The van der Waals surface area contributed by atoms with Gasteiger partial charge in [0.25, 0.3) is 0 Å². The fourth-order valence-corrected chi connectivity index (χ4v) is 1.43. The van der Waals surface area contributed by atoms with Crippen LogP contribution in [0.4, 0.5) is 13.2 Å². The average Bonchev–Trinajstić information content (AvgIpc) is 2.15. The Kier molecular flexibility index (Phi) is 3.77. The lowest BCUT2D eigenvalue weighted by atomic mass is 10.1. The Morgan fingerprint density at radius 2 is 2.00 bits per heavy atom. The van der Waals surface area contributed by atoms with Crippen molar-refractivity contribution in [3.05, 3.63) is 33.8 Å². The van der Waals surface area contributed by atoms with E-state index in [1.165, 1.54) is 12.1 Å². The summed E-state index contributed by atoms with van der Waals surface area (Å²) < 4.78 is 37.2. The van der Waals surface area contributed by atoms with Gasteiger partial charge in [-0.2, -0.15) is 13.2 Å². The fourth-order valence-electron chi connectivity index (χ4n) is 0.962. The minimum atomic E-state index is -4.41. The molecule has 0 saturated carbocycles. The van der Waals surface area contributed by atoms with Gasteiger partial charge in [-0.3, -0.25) is 0 Å². The number of rotatable bonds is 0. The molecular weight excluding hydrogens is 273 g/mol. The highest BCUT2D eigenvalue weighted by atomic mass is 79.9. The topological polar surface area (TPSA) is 20.2 Å². The second kappa shape index (κ2) is 4.69. The minimum absolute atomic E-state index is 0.0236. The van der Waals surface area contributed by atoms with Crippen molar-refractivity contribution >= 4 is 15.9 Å². The molecule has 0 fully saturated rings. The van der Waals surface area contributed by atoms with Gasteiger partial charge in [0, 0.05) is 10.0 Å². The van der Waals surface area contributed by atoms with E-state index in [-0.39, 0.29) is 16.6 Å². The third kappa shape index (κ3) is 3.26. The summed E-state index contributed by atoms with van der Waals surface area (Å²) in [6.07, 6.45) is -4.41. The lowest BCUT2D eigenvalue weighted by molar-refractivity contribution is -0.138. The van der Waals surface area contributed by atoms with E-state index in [1.807, 2.05) is 0 Å². The number of aliphatic hydroxyl groups is 1. The molecule has 0 radical (unpaired) electrons. The SMILES string of the molecule is OCC#Cc1ccc(Br)c(C(F)(F)F)c1.